The van der Waals surface area contributed by atoms with Crippen LogP contribution in [0.4, 0.5) is 0 Å². The molecule has 0 spiro atoms. The maximum absolute atomic E-state index is 11.4. The number of carbonyl (C=O) groups excluding carboxylic acids is 1. The molecular formula is C17H26N2O. The first-order valence-corrected chi connectivity index (χ1v) is 7.70. The quantitative estimate of drug-likeness (QED) is 0.866. The summed E-state index contributed by atoms with van der Waals surface area (Å²) < 4.78 is 0. The van der Waals surface area contributed by atoms with Gasteiger partial charge in [-0.15, -0.1) is 0 Å². The third kappa shape index (κ3) is 4.34. The fourth-order valence-corrected chi connectivity index (χ4v) is 3.08. The summed E-state index contributed by atoms with van der Waals surface area (Å²) in [6.45, 7) is 4.37. The van der Waals surface area contributed by atoms with Gasteiger partial charge in [0, 0.05) is 19.2 Å². The minimum Gasteiger partial charge on any atom is -0.355 e. The number of amides is 1. The lowest BCUT2D eigenvalue weighted by molar-refractivity contribution is 0.0963. The predicted molar refractivity (Wildman–Crippen MR) is 82.7 cm³/mol. The van der Waals surface area contributed by atoms with E-state index in [0.717, 1.165) is 30.5 Å². The van der Waals surface area contributed by atoms with Crippen LogP contribution in [0.5, 0.6) is 0 Å². The van der Waals surface area contributed by atoms with Crippen molar-refractivity contribution in [3.05, 3.63) is 35.4 Å². The molecule has 2 rings (SSSR count). The van der Waals surface area contributed by atoms with Gasteiger partial charge in [0.25, 0.3) is 5.91 Å². The maximum Gasteiger partial charge on any atom is 0.251 e. The molecule has 2 unspecified atom stereocenters. The van der Waals surface area contributed by atoms with Crippen LogP contribution in [-0.4, -0.2) is 19.5 Å². The number of hydrogen-bond acceptors (Lipinski definition) is 2. The number of carbonyl (C=O) groups is 1. The minimum absolute atomic E-state index is 0.0271. The Morgan fingerprint density at radius 1 is 1.25 bits per heavy atom. The highest BCUT2D eigenvalue weighted by Crippen LogP contribution is 2.27. The fraction of sp³-hybridized carbons (Fsp3) is 0.588. The van der Waals surface area contributed by atoms with Crippen molar-refractivity contribution in [2.75, 3.05) is 13.6 Å². The van der Waals surface area contributed by atoms with Gasteiger partial charge in [0.15, 0.2) is 0 Å². The zero-order valence-electron chi connectivity index (χ0n) is 12.6. The van der Waals surface area contributed by atoms with Gasteiger partial charge < -0.3 is 10.6 Å². The summed E-state index contributed by atoms with van der Waals surface area (Å²) in [6.07, 6.45) is 5.52. The van der Waals surface area contributed by atoms with Gasteiger partial charge in [0.1, 0.15) is 0 Å². The highest BCUT2D eigenvalue weighted by atomic mass is 16.1. The summed E-state index contributed by atoms with van der Waals surface area (Å²) in [5.74, 6) is 1.70. The van der Waals surface area contributed by atoms with Gasteiger partial charge in [-0.3, -0.25) is 4.79 Å². The first-order chi connectivity index (χ1) is 9.69. The topological polar surface area (TPSA) is 41.1 Å². The second-order valence-corrected chi connectivity index (χ2v) is 6.04. The van der Waals surface area contributed by atoms with Gasteiger partial charge in [-0.25, -0.2) is 0 Å². The van der Waals surface area contributed by atoms with Crippen LogP contribution < -0.4 is 10.6 Å². The van der Waals surface area contributed by atoms with Gasteiger partial charge in [-0.05, 0) is 48.9 Å². The van der Waals surface area contributed by atoms with Crippen molar-refractivity contribution >= 4 is 5.91 Å². The molecule has 3 heteroatoms. The zero-order valence-corrected chi connectivity index (χ0v) is 12.6. The van der Waals surface area contributed by atoms with Crippen molar-refractivity contribution in [1.82, 2.24) is 10.6 Å². The molecule has 3 nitrogen and oxygen atoms in total. The third-order valence-corrected chi connectivity index (χ3v) is 4.25. The van der Waals surface area contributed by atoms with Crippen LogP contribution in [-0.2, 0) is 6.54 Å². The molecule has 20 heavy (non-hydrogen) atoms. The Kier molecular flexibility index (Phi) is 5.60. The van der Waals surface area contributed by atoms with Crippen molar-refractivity contribution in [1.29, 1.82) is 0 Å². The van der Waals surface area contributed by atoms with Gasteiger partial charge in [0.2, 0.25) is 0 Å². The van der Waals surface area contributed by atoms with E-state index in [1.807, 2.05) is 24.3 Å². The molecule has 1 aromatic rings. The maximum atomic E-state index is 11.4. The van der Waals surface area contributed by atoms with E-state index in [2.05, 4.69) is 17.6 Å². The lowest BCUT2D eigenvalue weighted by atomic mass is 9.82. The monoisotopic (exact) mass is 274 g/mol. The summed E-state index contributed by atoms with van der Waals surface area (Å²) in [7, 11) is 1.66. The molecule has 2 atom stereocenters. The third-order valence-electron chi connectivity index (χ3n) is 4.25. The lowest BCUT2D eigenvalue weighted by Gasteiger charge is -2.26. The summed E-state index contributed by atoms with van der Waals surface area (Å²) in [4.78, 5) is 11.4. The molecular weight excluding hydrogens is 248 g/mol. The molecule has 1 aliphatic rings. The number of rotatable bonds is 5. The van der Waals surface area contributed by atoms with Crippen LogP contribution in [0.25, 0.3) is 0 Å². The summed E-state index contributed by atoms with van der Waals surface area (Å²) >= 11 is 0. The Morgan fingerprint density at radius 3 is 2.65 bits per heavy atom. The van der Waals surface area contributed by atoms with Gasteiger partial charge in [-0.2, -0.15) is 0 Å². The molecule has 0 saturated heterocycles. The Balaban J connectivity index is 1.75. The predicted octanol–water partition coefficient (Wildman–Crippen LogP) is 2.96. The second-order valence-electron chi connectivity index (χ2n) is 6.04. The molecule has 0 radical (unpaired) electrons. The van der Waals surface area contributed by atoms with E-state index in [0.29, 0.717) is 0 Å². The van der Waals surface area contributed by atoms with Crippen LogP contribution in [0.1, 0.15) is 48.5 Å². The molecule has 2 N–H and O–H groups in total. The lowest BCUT2D eigenvalue weighted by Crippen LogP contribution is -2.26. The van der Waals surface area contributed by atoms with Crippen LogP contribution in [0.2, 0.25) is 0 Å². The Hall–Kier alpha value is -1.35. The molecule has 1 aromatic carbocycles. The minimum atomic E-state index is -0.0271. The Morgan fingerprint density at radius 2 is 2.00 bits per heavy atom. The van der Waals surface area contributed by atoms with Crippen molar-refractivity contribution < 1.29 is 4.79 Å². The van der Waals surface area contributed by atoms with E-state index in [4.69, 9.17) is 0 Å². The standard InChI is InChI=1S/C17H26N2O/c1-13-4-3-5-15(10-13)12-19-11-14-6-8-16(9-7-14)17(20)18-2/h6-9,13,15,19H,3-5,10-12H2,1-2H3,(H,18,20). The summed E-state index contributed by atoms with van der Waals surface area (Å²) in [6, 6.07) is 7.83. The van der Waals surface area contributed by atoms with Gasteiger partial charge >= 0.3 is 0 Å². The average molecular weight is 274 g/mol. The number of benzene rings is 1. The molecule has 1 fully saturated rings. The van der Waals surface area contributed by atoms with E-state index in [1.54, 1.807) is 7.05 Å². The van der Waals surface area contributed by atoms with E-state index in [-0.39, 0.29) is 5.91 Å². The Labute approximate surface area is 122 Å². The molecule has 110 valence electrons. The zero-order chi connectivity index (χ0) is 14.4. The number of hydrogen-bond donors (Lipinski definition) is 2. The highest BCUT2D eigenvalue weighted by Gasteiger charge is 2.18. The van der Waals surface area contributed by atoms with Crippen LogP contribution in [0.15, 0.2) is 24.3 Å². The molecule has 1 saturated carbocycles. The van der Waals surface area contributed by atoms with E-state index >= 15 is 0 Å². The van der Waals surface area contributed by atoms with Gasteiger partial charge in [0.05, 0.1) is 0 Å². The van der Waals surface area contributed by atoms with Crippen molar-refractivity contribution in [2.45, 2.75) is 39.2 Å². The van der Waals surface area contributed by atoms with E-state index < -0.39 is 0 Å². The fourth-order valence-electron chi connectivity index (χ4n) is 3.08. The van der Waals surface area contributed by atoms with Crippen LogP contribution in [0.3, 0.4) is 0 Å². The average Bonchev–Trinajstić information content (AvgIpc) is 2.47. The smallest absolute Gasteiger partial charge is 0.251 e. The number of nitrogens with one attached hydrogen (secondary N) is 2. The summed E-state index contributed by atoms with van der Waals surface area (Å²) in [5.41, 5.74) is 1.96. The molecule has 0 bridgehead atoms. The van der Waals surface area contributed by atoms with Crippen LogP contribution >= 0.6 is 0 Å². The largest absolute Gasteiger partial charge is 0.355 e. The summed E-state index contributed by atoms with van der Waals surface area (Å²) in [5, 5.41) is 6.19. The van der Waals surface area contributed by atoms with E-state index in [1.165, 1.54) is 31.2 Å². The van der Waals surface area contributed by atoms with Crippen molar-refractivity contribution in [2.24, 2.45) is 11.8 Å². The SMILES string of the molecule is CNC(=O)c1ccc(CNCC2CCCC(C)C2)cc1. The first-order valence-electron chi connectivity index (χ1n) is 7.70. The normalized spacial score (nSPS) is 22.5. The van der Waals surface area contributed by atoms with Crippen molar-refractivity contribution in [3.63, 3.8) is 0 Å². The molecule has 0 aromatic heterocycles. The molecule has 1 aliphatic carbocycles. The van der Waals surface area contributed by atoms with Crippen LogP contribution in [0, 0.1) is 11.8 Å². The molecule has 1 amide bonds. The first kappa shape index (κ1) is 15.0. The van der Waals surface area contributed by atoms with Gasteiger partial charge in [-0.1, -0.05) is 31.9 Å². The Bertz CT molecular complexity index is 427. The van der Waals surface area contributed by atoms with E-state index in [9.17, 15) is 4.79 Å². The molecule has 0 heterocycles. The highest BCUT2D eigenvalue weighted by molar-refractivity contribution is 5.93. The van der Waals surface area contributed by atoms with Crippen molar-refractivity contribution in [3.8, 4) is 0 Å². The molecule has 0 aliphatic heterocycles. The second kappa shape index (κ2) is 7.44.